The van der Waals surface area contributed by atoms with Crippen LogP contribution in [-0.4, -0.2) is 45.2 Å². The normalized spacial score (nSPS) is 11.2. The van der Waals surface area contributed by atoms with Gasteiger partial charge in [-0.25, -0.2) is 9.59 Å². The van der Waals surface area contributed by atoms with Crippen molar-refractivity contribution in [2.24, 2.45) is 5.73 Å². The van der Waals surface area contributed by atoms with Gasteiger partial charge in [-0.3, -0.25) is 4.79 Å². The van der Waals surface area contributed by atoms with E-state index in [4.69, 9.17) is 21.1 Å². The van der Waals surface area contributed by atoms with Crippen LogP contribution in [0.5, 0.6) is 0 Å². The molecule has 0 saturated carbocycles. The molecule has 0 aliphatic carbocycles. The molecule has 0 spiro atoms. The Balaban J connectivity index is 2.10. The minimum absolute atomic E-state index is 0.208. The van der Waals surface area contributed by atoms with Gasteiger partial charge in [0.15, 0.2) is 5.78 Å². The number of ketones is 1. The summed E-state index contributed by atoms with van der Waals surface area (Å²) in [4.78, 5) is 33.6. The largest absolute Gasteiger partial charge is 0.479 e. The molecule has 26 heavy (non-hydrogen) atoms. The highest BCUT2D eigenvalue weighted by Gasteiger charge is 2.41. The second kappa shape index (κ2) is 7.90. The zero-order chi connectivity index (χ0) is 19.3. The van der Waals surface area contributed by atoms with Gasteiger partial charge in [0.2, 0.25) is 5.54 Å². The van der Waals surface area contributed by atoms with E-state index >= 15 is 0 Å². The number of rotatable bonds is 8. The number of carbonyl (C=O) groups is 3. The Morgan fingerprint density at radius 3 is 1.73 bits per heavy atom. The highest BCUT2D eigenvalue weighted by molar-refractivity contribution is 6.02. The summed E-state index contributed by atoms with van der Waals surface area (Å²) in [6.07, 6.45) is -0.0195. The number of carboxylic acid groups (broad SMARTS) is 2. The number of aliphatic hydroxyl groups is 1. The van der Waals surface area contributed by atoms with E-state index in [0.717, 1.165) is 16.7 Å². The fourth-order valence-corrected chi connectivity index (χ4v) is 2.45. The third-order valence-electron chi connectivity index (χ3n) is 4.21. The topological polar surface area (TPSA) is 138 Å². The van der Waals surface area contributed by atoms with Crippen molar-refractivity contribution in [2.75, 3.05) is 6.61 Å². The Morgan fingerprint density at radius 2 is 1.31 bits per heavy atom. The molecule has 0 aromatic heterocycles. The molecule has 0 unspecified atom stereocenters. The maximum atomic E-state index is 11.4. The van der Waals surface area contributed by atoms with E-state index in [2.05, 4.69) is 0 Å². The first kappa shape index (κ1) is 19.3. The highest BCUT2D eigenvalue weighted by Crippen LogP contribution is 2.22. The number of aryl methyl sites for hydroxylation is 1. The van der Waals surface area contributed by atoms with E-state index in [1.807, 2.05) is 12.1 Å². The summed E-state index contributed by atoms with van der Waals surface area (Å²) in [6.45, 7) is -0.538. The number of Topliss-reactive ketones (excluding diaryl/α,β-unsaturated/α-hetero) is 1. The summed E-state index contributed by atoms with van der Waals surface area (Å²) in [7, 11) is 0. The first-order chi connectivity index (χ1) is 12.3. The predicted molar refractivity (Wildman–Crippen MR) is 93.8 cm³/mol. The molecule has 0 radical (unpaired) electrons. The van der Waals surface area contributed by atoms with Crippen molar-refractivity contribution < 1.29 is 29.7 Å². The molecule has 2 aromatic rings. The van der Waals surface area contributed by atoms with Gasteiger partial charge in [-0.05, 0) is 29.5 Å². The number of nitrogens with two attached hydrogens (primary N) is 1. The second-order valence-corrected chi connectivity index (χ2v) is 5.94. The van der Waals surface area contributed by atoms with Gasteiger partial charge in [0.05, 0.1) is 0 Å². The van der Waals surface area contributed by atoms with Gasteiger partial charge in [0.1, 0.15) is 6.61 Å². The molecule has 0 fully saturated rings. The van der Waals surface area contributed by atoms with Crippen LogP contribution in [0.1, 0.15) is 22.3 Å². The van der Waals surface area contributed by atoms with Crippen molar-refractivity contribution in [3.63, 3.8) is 0 Å². The molecule has 0 atom stereocenters. The molecular weight excluding hydrogens is 338 g/mol. The lowest BCUT2D eigenvalue weighted by Crippen LogP contribution is -2.55. The Hall–Kier alpha value is -3.03. The molecule has 7 nitrogen and oxygen atoms in total. The smallest absolute Gasteiger partial charge is 0.335 e. The van der Waals surface area contributed by atoms with Crippen LogP contribution in [-0.2, 0) is 16.0 Å². The number of hydrogen-bond acceptors (Lipinski definition) is 5. The first-order valence-corrected chi connectivity index (χ1v) is 7.87. The molecule has 0 heterocycles. The van der Waals surface area contributed by atoms with Gasteiger partial charge in [0.25, 0.3) is 0 Å². The Labute approximate surface area is 149 Å². The number of aliphatic carboxylic acids is 2. The molecule has 0 bridgehead atoms. The van der Waals surface area contributed by atoms with Gasteiger partial charge in [-0.15, -0.1) is 0 Å². The van der Waals surface area contributed by atoms with Crippen LogP contribution < -0.4 is 5.73 Å². The van der Waals surface area contributed by atoms with Gasteiger partial charge in [-0.2, -0.15) is 0 Å². The van der Waals surface area contributed by atoms with E-state index in [1.54, 1.807) is 36.4 Å². The van der Waals surface area contributed by atoms with Gasteiger partial charge in [0, 0.05) is 5.56 Å². The lowest BCUT2D eigenvalue weighted by atomic mass is 9.92. The van der Waals surface area contributed by atoms with E-state index in [1.165, 1.54) is 0 Å². The molecule has 136 valence electrons. The summed E-state index contributed by atoms with van der Waals surface area (Å²) < 4.78 is 0. The van der Waals surface area contributed by atoms with Crippen LogP contribution in [0.15, 0.2) is 48.5 Å². The molecule has 0 saturated heterocycles. The average Bonchev–Trinajstić information content (AvgIpc) is 2.65. The van der Waals surface area contributed by atoms with Gasteiger partial charge < -0.3 is 21.1 Å². The first-order valence-electron chi connectivity index (χ1n) is 7.87. The molecular formula is C19H19NO6. The molecule has 2 rings (SSSR count). The predicted octanol–water partition coefficient (Wildman–Crippen LogP) is 1.33. The zero-order valence-electron chi connectivity index (χ0n) is 13.9. The lowest BCUT2D eigenvalue weighted by molar-refractivity contribution is -0.157. The standard InChI is InChI=1S/C19H19NO6/c20-19(17(23)24,18(25)26)10-9-12-1-3-13(4-2-12)14-5-7-15(8-6-14)16(22)11-21/h1-8,21H,9-11,20H2,(H,23,24)(H,25,26). The Bertz CT molecular complexity index is 797. The van der Waals surface area contributed by atoms with Crippen LogP contribution in [0.4, 0.5) is 0 Å². The summed E-state index contributed by atoms with van der Waals surface area (Å²) in [6, 6.07) is 14.0. The number of carbonyl (C=O) groups excluding carboxylic acids is 1. The van der Waals surface area contributed by atoms with E-state index in [9.17, 15) is 14.4 Å². The fourth-order valence-electron chi connectivity index (χ4n) is 2.45. The minimum atomic E-state index is -2.31. The maximum Gasteiger partial charge on any atom is 0.335 e. The third kappa shape index (κ3) is 4.14. The van der Waals surface area contributed by atoms with Crippen molar-refractivity contribution >= 4 is 17.7 Å². The monoisotopic (exact) mass is 357 g/mol. The summed E-state index contributed by atoms with van der Waals surface area (Å²) in [5.41, 5.74) is 6.09. The maximum absolute atomic E-state index is 11.4. The van der Waals surface area contributed by atoms with Gasteiger partial charge in [-0.1, -0.05) is 48.5 Å². The Kier molecular flexibility index (Phi) is 5.86. The van der Waals surface area contributed by atoms with E-state index < -0.39 is 24.1 Å². The SMILES string of the molecule is NC(CCc1ccc(-c2ccc(C(=O)CO)cc2)cc1)(C(=O)O)C(=O)O. The average molecular weight is 357 g/mol. The lowest BCUT2D eigenvalue weighted by Gasteiger charge is -2.19. The van der Waals surface area contributed by atoms with Crippen molar-refractivity contribution in [3.8, 4) is 11.1 Å². The Morgan fingerprint density at radius 1 is 0.846 bits per heavy atom. The number of hydrogen-bond donors (Lipinski definition) is 4. The van der Waals surface area contributed by atoms with E-state index in [0.29, 0.717) is 5.56 Å². The van der Waals surface area contributed by atoms with Crippen molar-refractivity contribution in [2.45, 2.75) is 18.4 Å². The molecule has 5 N–H and O–H groups in total. The van der Waals surface area contributed by atoms with Crippen LogP contribution in [0.25, 0.3) is 11.1 Å². The third-order valence-corrected chi connectivity index (χ3v) is 4.21. The van der Waals surface area contributed by atoms with Crippen molar-refractivity contribution in [3.05, 3.63) is 59.7 Å². The van der Waals surface area contributed by atoms with Crippen molar-refractivity contribution in [1.29, 1.82) is 0 Å². The van der Waals surface area contributed by atoms with E-state index in [-0.39, 0.29) is 18.6 Å². The quantitative estimate of drug-likeness (QED) is 0.413. The molecule has 2 aromatic carbocycles. The number of carboxylic acids is 2. The number of aliphatic hydroxyl groups excluding tert-OH is 1. The second-order valence-electron chi connectivity index (χ2n) is 5.94. The highest BCUT2D eigenvalue weighted by atomic mass is 16.4. The minimum Gasteiger partial charge on any atom is -0.479 e. The number of benzene rings is 2. The summed E-state index contributed by atoms with van der Waals surface area (Å²) in [5, 5.41) is 26.9. The van der Waals surface area contributed by atoms with Crippen molar-refractivity contribution in [1.82, 2.24) is 0 Å². The molecule has 0 aliphatic rings. The van der Waals surface area contributed by atoms with Crippen LogP contribution in [0.3, 0.4) is 0 Å². The molecule has 0 aliphatic heterocycles. The van der Waals surface area contributed by atoms with Crippen LogP contribution in [0.2, 0.25) is 0 Å². The summed E-state index contributed by atoms with van der Waals surface area (Å²) >= 11 is 0. The van der Waals surface area contributed by atoms with Gasteiger partial charge >= 0.3 is 11.9 Å². The fraction of sp³-hybridized carbons (Fsp3) is 0.211. The molecule has 0 amide bonds. The zero-order valence-corrected chi connectivity index (χ0v) is 13.9. The molecule has 7 heteroatoms. The summed E-state index contributed by atoms with van der Waals surface area (Å²) in [5.74, 6) is -3.49. The van der Waals surface area contributed by atoms with Crippen LogP contribution in [0, 0.1) is 0 Å². The van der Waals surface area contributed by atoms with Crippen LogP contribution >= 0.6 is 0 Å².